The normalized spacial score (nSPS) is 12.6. The van der Waals surface area contributed by atoms with Crippen molar-refractivity contribution in [3.05, 3.63) is 0 Å². The Morgan fingerprint density at radius 2 is 0.789 bits per heavy atom. The van der Waals surface area contributed by atoms with Gasteiger partial charge in [-0.2, -0.15) is 0 Å². The molecule has 0 aromatic rings. The van der Waals surface area contributed by atoms with Crippen LogP contribution in [-0.2, 0) is 19.0 Å². The lowest BCUT2D eigenvalue weighted by Gasteiger charge is -2.21. The van der Waals surface area contributed by atoms with E-state index in [9.17, 15) is 14.7 Å². The number of rotatable bonds is 46. The molecule has 7 nitrogen and oxygen atoms in total. The number of aliphatic hydroxyl groups excluding tert-OH is 1. The Kier molecular flexibility index (Phi) is 44.7. The molecule has 0 spiro atoms. The monoisotopic (exact) mass is 810 g/mol. The molecule has 0 amide bonds. The smallest absolute Gasteiger partial charge is 0.465 e. The summed E-state index contributed by atoms with van der Waals surface area (Å²) in [5, 5.41) is 9.59. The highest BCUT2D eigenvalue weighted by Crippen LogP contribution is 2.21. The SMILES string of the molecule is CCCCCCCCCCCC(CCCCCC)OC(=O)OCCCCCCCCN(CCO)CCCCCCCCOC(=O)C(CCCC)CCCCCCC. The minimum Gasteiger partial charge on any atom is -0.465 e. The molecule has 2 atom stereocenters. The maximum absolute atomic E-state index is 12.7. The zero-order valence-electron chi connectivity index (χ0n) is 38.8. The number of carbonyl (C=O) groups is 2. The molecular weight excluding hydrogens is 711 g/mol. The number of nitrogens with zero attached hydrogens (tertiary/aromatic N) is 1. The summed E-state index contributed by atoms with van der Waals surface area (Å²) in [6, 6.07) is 0. The molecule has 0 radical (unpaired) electrons. The van der Waals surface area contributed by atoms with Gasteiger partial charge >= 0.3 is 12.1 Å². The largest absolute Gasteiger partial charge is 0.508 e. The third kappa shape index (κ3) is 39.9. The van der Waals surface area contributed by atoms with Gasteiger partial charge in [-0.25, -0.2) is 4.79 Å². The molecule has 0 saturated heterocycles. The highest BCUT2D eigenvalue weighted by molar-refractivity contribution is 5.72. The number of ether oxygens (including phenoxy) is 3. The van der Waals surface area contributed by atoms with Gasteiger partial charge in [0.2, 0.25) is 0 Å². The molecule has 0 aromatic carbocycles. The van der Waals surface area contributed by atoms with Crippen molar-refractivity contribution in [2.24, 2.45) is 5.92 Å². The summed E-state index contributed by atoms with van der Waals surface area (Å²) in [4.78, 5) is 27.6. The molecule has 0 heterocycles. The molecule has 0 rings (SSSR count). The fourth-order valence-corrected chi connectivity index (χ4v) is 7.95. The average Bonchev–Trinajstić information content (AvgIpc) is 3.21. The van der Waals surface area contributed by atoms with Crippen molar-refractivity contribution in [2.45, 2.75) is 265 Å². The van der Waals surface area contributed by atoms with Crippen molar-refractivity contribution < 1.29 is 28.9 Å². The predicted molar refractivity (Wildman–Crippen MR) is 243 cm³/mol. The molecule has 7 heteroatoms. The van der Waals surface area contributed by atoms with Crippen LogP contribution >= 0.6 is 0 Å². The summed E-state index contributed by atoms with van der Waals surface area (Å²) in [5.41, 5.74) is 0. The lowest BCUT2D eigenvalue weighted by Crippen LogP contribution is -2.29. The van der Waals surface area contributed by atoms with E-state index < -0.39 is 6.16 Å². The van der Waals surface area contributed by atoms with Crippen LogP contribution in [0.2, 0.25) is 0 Å². The fourth-order valence-electron chi connectivity index (χ4n) is 7.95. The number of esters is 1. The molecule has 0 aromatic heterocycles. The van der Waals surface area contributed by atoms with Crippen molar-refractivity contribution in [3.63, 3.8) is 0 Å². The second kappa shape index (κ2) is 45.7. The van der Waals surface area contributed by atoms with E-state index in [0.717, 1.165) is 116 Å². The van der Waals surface area contributed by atoms with E-state index in [-0.39, 0.29) is 24.6 Å². The Labute approximate surface area is 355 Å². The average molecular weight is 810 g/mol. The topological polar surface area (TPSA) is 85.3 Å². The van der Waals surface area contributed by atoms with E-state index in [4.69, 9.17) is 14.2 Å². The third-order valence-corrected chi connectivity index (χ3v) is 11.8. The Morgan fingerprint density at radius 1 is 0.421 bits per heavy atom. The fraction of sp³-hybridized carbons (Fsp3) is 0.960. The van der Waals surface area contributed by atoms with Crippen molar-refractivity contribution in [2.75, 3.05) is 39.5 Å². The van der Waals surface area contributed by atoms with Crippen LogP contribution in [0.4, 0.5) is 4.79 Å². The molecule has 2 unspecified atom stereocenters. The van der Waals surface area contributed by atoms with Gasteiger partial charge in [0.15, 0.2) is 0 Å². The van der Waals surface area contributed by atoms with Crippen LogP contribution in [0.3, 0.4) is 0 Å². The summed E-state index contributed by atoms with van der Waals surface area (Å²) in [7, 11) is 0. The van der Waals surface area contributed by atoms with Gasteiger partial charge in [-0.05, 0) is 77.3 Å². The Bertz CT molecular complexity index is 825. The zero-order valence-corrected chi connectivity index (χ0v) is 38.8. The standard InChI is InChI=1S/C50H99NO6/c1-5-9-13-16-17-18-19-25-32-40-48(39-31-15-11-7-3)57-50(54)56-46-36-29-23-21-27-34-42-51(43-44-52)41-33-26-20-22-28-35-45-55-49(53)47(37-12-8-4)38-30-24-14-10-6-2/h47-48,52H,5-46H2,1-4H3. The van der Waals surface area contributed by atoms with Gasteiger partial charge in [0.05, 0.1) is 25.7 Å². The first-order chi connectivity index (χ1) is 28.0. The Hall–Kier alpha value is -1.34. The lowest BCUT2D eigenvalue weighted by molar-refractivity contribution is -0.149. The van der Waals surface area contributed by atoms with Crippen LogP contribution in [0, 0.1) is 5.92 Å². The number of hydrogen-bond donors (Lipinski definition) is 1. The molecule has 0 bridgehead atoms. The van der Waals surface area contributed by atoms with Crippen LogP contribution in [0.15, 0.2) is 0 Å². The second-order valence-corrected chi connectivity index (χ2v) is 17.3. The summed E-state index contributed by atoms with van der Waals surface area (Å²) < 4.78 is 17.0. The molecule has 57 heavy (non-hydrogen) atoms. The molecule has 0 aliphatic rings. The van der Waals surface area contributed by atoms with E-state index in [1.54, 1.807) is 0 Å². The Morgan fingerprint density at radius 3 is 1.26 bits per heavy atom. The molecular formula is C50H99NO6. The van der Waals surface area contributed by atoms with E-state index in [1.807, 2.05) is 0 Å². The first-order valence-corrected chi connectivity index (χ1v) is 25.3. The van der Waals surface area contributed by atoms with Gasteiger partial charge in [-0.1, -0.05) is 195 Å². The molecule has 0 aliphatic carbocycles. The van der Waals surface area contributed by atoms with Gasteiger partial charge in [0, 0.05) is 6.54 Å². The number of unbranched alkanes of at least 4 members (excludes halogenated alkanes) is 26. The van der Waals surface area contributed by atoms with Crippen molar-refractivity contribution >= 4 is 12.1 Å². The summed E-state index contributed by atoms with van der Waals surface area (Å²) in [6.45, 7) is 13.1. The van der Waals surface area contributed by atoms with Crippen molar-refractivity contribution in [1.29, 1.82) is 0 Å². The highest BCUT2D eigenvalue weighted by atomic mass is 16.7. The molecule has 1 N–H and O–H groups in total. The summed E-state index contributed by atoms with van der Waals surface area (Å²) in [5.74, 6) is 0.140. The van der Waals surface area contributed by atoms with Gasteiger partial charge < -0.3 is 24.2 Å². The third-order valence-electron chi connectivity index (χ3n) is 11.8. The minimum atomic E-state index is -0.470. The molecule has 0 fully saturated rings. The number of hydrogen-bond acceptors (Lipinski definition) is 7. The number of carbonyl (C=O) groups excluding carboxylic acids is 2. The molecule has 0 aliphatic heterocycles. The maximum atomic E-state index is 12.7. The van der Waals surface area contributed by atoms with Gasteiger partial charge in [0.25, 0.3) is 0 Å². The van der Waals surface area contributed by atoms with Crippen LogP contribution in [-0.4, -0.2) is 67.7 Å². The van der Waals surface area contributed by atoms with E-state index in [1.165, 1.54) is 135 Å². The second-order valence-electron chi connectivity index (χ2n) is 17.3. The quantitative estimate of drug-likeness (QED) is 0.0484. The van der Waals surface area contributed by atoms with Crippen molar-refractivity contribution in [3.8, 4) is 0 Å². The van der Waals surface area contributed by atoms with Gasteiger partial charge in [0.1, 0.15) is 6.10 Å². The Balaban J connectivity index is 3.98. The van der Waals surface area contributed by atoms with E-state index >= 15 is 0 Å². The van der Waals surface area contributed by atoms with Crippen LogP contribution < -0.4 is 0 Å². The zero-order chi connectivity index (χ0) is 41.7. The van der Waals surface area contributed by atoms with Gasteiger partial charge in [-0.15, -0.1) is 0 Å². The van der Waals surface area contributed by atoms with Crippen LogP contribution in [0.5, 0.6) is 0 Å². The minimum absolute atomic E-state index is 0.00142. The molecule has 0 saturated carbocycles. The van der Waals surface area contributed by atoms with E-state index in [0.29, 0.717) is 13.2 Å². The van der Waals surface area contributed by atoms with E-state index in [2.05, 4.69) is 32.6 Å². The molecule has 340 valence electrons. The summed E-state index contributed by atoms with van der Waals surface area (Å²) in [6.07, 6.45) is 42.1. The maximum Gasteiger partial charge on any atom is 0.508 e. The summed E-state index contributed by atoms with van der Waals surface area (Å²) >= 11 is 0. The van der Waals surface area contributed by atoms with Crippen molar-refractivity contribution in [1.82, 2.24) is 4.90 Å². The first kappa shape index (κ1) is 55.7. The van der Waals surface area contributed by atoms with Crippen LogP contribution in [0.25, 0.3) is 0 Å². The number of aliphatic hydroxyl groups is 1. The van der Waals surface area contributed by atoms with Gasteiger partial charge in [-0.3, -0.25) is 4.79 Å². The first-order valence-electron chi connectivity index (χ1n) is 25.3. The lowest BCUT2D eigenvalue weighted by atomic mass is 9.95. The predicted octanol–water partition coefficient (Wildman–Crippen LogP) is 15.1. The highest BCUT2D eigenvalue weighted by Gasteiger charge is 2.19. The van der Waals surface area contributed by atoms with Crippen LogP contribution in [0.1, 0.15) is 259 Å².